The van der Waals surface area contributed by atoms with Crippen LogP contribution in [-0.4, -0.2) is 39.8 Å². The first-order valence-electron chi connectivity index (χ1n) is 5.55. The van der Waals surface area contributed by atoms with E-state index < -0.39 is 4.92 Å². The molecule has 0 fully saturated rings. The zero-order chi connectivity index (χ0) is 12.8. The van der Waals surface area contributed by atoms with Gasteiger partial charge < -0.3 is 20.1 Å². The summed E-state index contributed by atoms with van der Waals surface area (Å²) in [4.78, 5) is 15.9. The number of aliphatic hydroxyl groups is 1. The van der Waals surface area contributed by atoms with Crippen molar-refractivity contribution < 1.29 is 10.0 Å². The summed E-state index contributed by atoms with van der Waals surface area (Å²) in [6.45, 7) is 0.899. The topological polar surface area (TPSA) is 84.4 Å². The molecule has 0 aliphatic carbocycles. The van der Waals surface area contributed by atoms with Crippen molar-refractivity contribution in [2.24, 2.45) is 7.05 Å². The second kappa shape index (κ2) is 6.19. The van der Waals surface area contributed by atoms with Crippen molar-refractivity contribution >= 4 is 11.6 Å². The van der Waals surface area contributed by atoms with Gasteiger partial charge in [0.05, 0.1) is 0 Å². The number of hydrogen-bond acceptors (Lipinski definition) is 5. The Morgan fingerprint density at radius 2 is 2.24 bits per heavy atom. The number of anilines is 1. The van der Waals surface area contributed by atoms with Crippen molar-refractivity contribution in [3.8, 4) is 0 Å². The number of unbranched alkanes of at least 4 members (excludes halogenated alkanes) is 2. The van der Waals surface area contributed by atoms with Crippen LogP contribution < -0.4 is 4.90 Å². The Morgan fingerprint density at radius 3 is 2.82 bits per heavy atom. The summed E-state index contributed by atoms with van der Waals surface area (Å²) in [5, 5.41) is 19.4. The van der Waals surface area contributed by atoms with Gasteiger partial charge in [-0.25, -0.2) is 0 Å². The van der Waals surface area contributed by atoms with E-state index in [1.165, 1.54) is 6.33 Å². The molecule has 1 aromatic heterocycles. The van der Waals surface area contributed by atoms with Crippen LogP contribution in [0, 0.1) is 10.1 Å². The van der Waals surface area contributed by atoms with E-state index in [-0.39, 0.29) is 12.4 Å². The van der Waals surface area contributed by atoms with E-state index in [0.29, 0.717) is 12.4 Å². The first-order valence-corrected chi connectivity index (χ1v) is 5.55. The maximum Gasteiger partial charge on any atom is 0.406 e. The Hall–Kier alpha value is -1.63. The van der Waals surface area contributed by atoms with Crippen LogP contribution in [0.2, 0.25) is 0 Å². The molecular formula is C10H18N4O3. The number of hydrogen-bond donors (Lipinski definition) is 1. The highest BCUT2D eigenvalue weighted by Gasteiger charge is 2.22. The van der Waals surface area contributed by atoms with Gasteiger partial charge >= 0.3 is 5.82 Å². The van der Waals surface area contributed by atoms with Crippen LogP contribution in [0.3, 0.4) is 0 Å². The minimum atomic E-state index is -0.473. The molecule has 17 heavy (non-hydrogen) atoms. The van der Waals surface area contributed by atoms with E-state index in [1.807, 2.05) is 11.9 Å². The van der Waals surface area contributed by atoms with Crippen molar-refractivity contribution in [1.82, 2.24) is 9.55 Å². The zero-order valence-corrected chi connectivity index (χ0v) is 10.2. The molecule has 7 nitrogen and oxygen atoms in total. The fourth-order valence-corrected chi connectivity index (χ4v) is 1.72. The predicted molar refractivity (Wildman–Crippen MR) is 64.1 cm³/mol. The molecule has 7 heteroatoms. The third kappa shape index (κ3) is 3.42. The first kappa shape index (κ1) is 13.4. The number of rotatable bonds is 7. The van der Waals surface area contributed by atoms with Crippen molar-refractivity contribution in [3.63, 3.8) is 0 Å². The average molecular weight is 242 g/mol. The average Bonchev–Trinajstić information content (AvgIpc) is 2.66. The number of nitrogens with zero attached hydrogens (tertiary/aromatic N) is 4. The maximum atomic E-state index is 10.8. The lowest BCUT2D eigenvalue weighted by molar-refractivity contribution is -0.388. The number of nitro groups is 1. The van der Waals surface area contributed by atoms with E-state index in [9.17, 15) is 10.1 Å². The minimum Gasteiger partial charge on any atom is -0.396 e. The molecule has 0 spiro atoms. The molecule has 0 aromatic carbocycles. The molecule has 0 amide bonds. The van der Waals surface area contributed by atoms with Crippen molar-refractivity contribution in [3.05, 3.63) is 16.4 Å². The third-order valence-corrected chi connectivity index (χ3v) is 2.57. The van der Waals surface area contributed by atoms with E-state index in [1.54, 1.807) is 11.6 Å². The third-order valence-electron chi connectivity index (χ3n) is 2.57. The van der Waals surface area contributed by atoms with Crippen LogP contribution in [0.5, 0.6) is 0 Å². The van der Waals surface area contributed by atoms with E-state index >= 15 is 0 Å². The molecule has 0 radical (unpaired) electrons. The summed E-state index contributed by atoms with van der Waals surface area (Å²) in [6, 6.07) is 0. The summed E-state index contributed by atoms with van der Waals surface area (Å²) in [7, 11) is 3.54. The molecule has 1 rings (SSSR count). The molecule has 0 saturated carbocycles. The van der Waals surface area contributed by atoms with Crippen molar-refractivity contribution in [1.29, 1.82) is 0 Å². The highest BCUT2D eigenvalue weighted by atomic mass is 16.6. The standard InChI is InChI=1S/C10H18N4O3/c1-12(6-4-3-5-7-15)10-9(14(16)17)11-8-13(10)2/h8,15H,3-7H2,1-2H3. The highest BCUT2D eigenvalue weighted by Crippen LogP contribution is 2.24. The Bertz CT molecular complexity index is 378. The molecule has 1 heterocycles. The minimum absolute atomic E-state index is 0.114. The molecule has 1 N–H and O–H groups in total. The van der Waals surface area contributed by atoms with Crippen LogP contribution in [0.1, 0.15) is 19.3 Å². The lowest BCUT2D eigenvalue weighted by Gasteiger charge is -2.17. The van der Waals surface area contributed by atoms with Crippen molar-refractivity contribution in [2.45, 2.75) is 19.3 Å². The van der Waals surface area contributed by atoms with Crippen LogP contribution in [-0.2, 0) is 7.05 Å². The Balaban J connectivity index is 2.64. The highest BCUT2D eigenvalue weighted by molar-refractivity contribution is 5.53. The van der Waals surface area contributed by atoms with Crippen LogP contribution in [0.25, 0.3) is 0 Å². The van der Waals surface area contributed by atoms with Gasteiger partial charge in [0, 0.05) is 27.2 Å². The van der Waals surface area contributed by atoms with Gasteiger partial charge in [0.2, 0.25) is 12.1 Å². The molecular weight excluding hydrogens is 224 g/mol. The molecule has 0 atom stereocenters. The summed E-state index contributed by atoms with van der Waals surface area (Å²) in [5.41, 5.74) is 0. The van der Waals surface area contributed by atoms with Gasteiger partial charge in [-0.3, -0.25) is 4.57 Å². The van der Waals surface area contributed by atoms with E-state index in [2.05, 4.69) is 4.98 Å². The van der Waals surface area contributed by atoms with Gasteiger partial charge in [0.15, 0.2) is 0 Å². The first-order chi connectivity index (χ1) is 8.07. The van der Waals surface area contributed by atoms with Gasteiger partial charge in [-0.05, 0) is 29.2 Å². The summed E-state index contributed by atoms with van der Waals surface area (Å²) in [5.74, 6) is 0.399. The SMILES string of the molecule is CN(CCCCCO)c1c([N+](=O)[O-])ncn1C. The molecule has 0 aliphatic rings. The fourth-order valence-electron chi connectivity index (χ4n) is 1.72. The number of aromatic nitrogens is 2. The summed E-state index contributed by atoms with van der Waals surface area (Å²) >= 11 is 0. The monoisotopic (exact) mass is 242 g/mol. The fraction of sp³-hybridized carbons (Fsp3) is 0.700. The quantitative estimate of drug-likeness (QED) is 0.436. The Labute approximate surface area is 99.8 Å². The van der Waals surface area contributed by atoms with E-state index in [4.69, 9.17) is 5.11 Å². The van der Waals surface area contributed by atoms with Crippen LogP contribution in [0.15, 0.2) is 6.33 Å². The van der Waals surface area contributed by atoms with Gasteiger partial charge in [-0.2, -0.15) is 0 Å². The van der Waals surface area contributed by atoms with Gasteiger partial charge in [-0.15, -0.1) is 0 Å². The smallest absolute Gasteiger partial charge is 0.396 e. The number of aryl methyl sites for hydroxylation is 1. The molecule has 96 valence electrons. The molecule has 0 saturated heterocycles. The Kier molecular flexibility index (Phi) is 4.89. The molecule has 0 bridgehead atoms. The van der Waals surface area contributed by atoms with Crippen molar-refractivity contribution in [2.75, 3.05) is 25.1 Å². The Morgan fingerprint density at radius 1 is 1.53 bits per heavy atom. The van der Waals surface area contributed by atoms with Crippen LogP contribution in [0.4, 0.5) is 11.6 Å². The van der Waals surface area contributed by atoms with Gasteiger partial charge in [-0.1, -0.05) is 0 Å². The predicted octanol–water partition coefficient (Wildman–Crippen LogP) is 0.927. The lowest BCUT2D eigenvalue weighted by atomic mass is 10.2. The largest absolute Gasteiger partial charge is 0.406 e. The lowest BCUT2D eigenvalue weighted by Crippen LogP contribution is -2.21. The number of aliphatic hydroxyl groups excluding tert-OH is 1. The normalized spacial score (nSPS) is 10.5. The molecule has 1 aromatic rings. The van der Waals surface area contributed by atoms with Gasteiger partial charge in [0.25, 0.3) is 0 Å². The maximum absolute atomic E-state index is 10.8. The molecule has 0 unspecified atom stereocenters. The molecule has 0 aliphatic heterocycles. The second-order valence-corrected chi connectivity index (χ2v) is 3.97. The second-order valence-electron chi connectivity index (χ2n) is 3.97. The van der Waals surface area contributed by atoms with Gasteiger partial charge in [0.1, 0.15) is 0 Å². The zero-order valence-electron chi connectivity index (χ0n) is 10.2. The summed E-state index contributed by atoms with van der Waals surface area (Å²) < 4.78 is 1.64. The summed E-state index contributed by atoms with van der Waals surface area (Å²) in [6.07, 6.45) is 4.00. The number of imidazole rings is 1. The van der Waals surface area contributed by atoms with E-state index in [0.717, 1.165) is 19.3 Å². The van der Waals surface area contributed by atoms with Crippen LogP contribution >= 0.6 is 0 Å².